The van der Waals surface area contributed by atoms with Crippen LogP contribution >= 0.6 is 0 Å². The van der Waals surface area contributed by atoms with Crippen LogP contribution in [0, 0.1) is 0 Å². The molecule has 84 valence electrons. The van der Waals surface area contributed by atoms with E-state index in [1.807, 2.05) is 6.92 Å². The predicted octanol–water partition coefficient (Wildman–Crippen LogP) is 0.786. The van der Waals surface area contributed by atoms with E-state index in [0.29, 0.717) is 12.8 Å². The van der Waals surface area contributed by atoms with Crippen molar-refractivity contribution >= 4 is 5.97 Å². The summed E-state index contributed by atoms with van der Waals surface area (Å²) in [6.07, 6.45) is 2.66. The highest BCUT2D eigenvalue weighted by molar-refractivity contribution is 5.81. The molecule has 4 heteroatoms. The summed E-state index contributed by atoms with van der Waals surface area (Å²) in [6, 6.07) is 0. The van der Waals surface area contributed by atoms with Gasteiger partial charge in [0.25, 0.3) is 0 Å². The van der Waals surface area contributed by atoms with E-state index in [-0.39, 0.29) is 12.2 Å². The number of hydrogen-bond acceptors (Lipinski definition) is 4. The van der Waals surface area contributed by atoms with Gasteiger partial charge in [-0.25, -0.2) is 4.79 Å². The highest BCUT2D eigenvalue weighted by Crippen LogP contribution is 2.44. The zero-order valence-electron chi connectivity index (χ0n) is 8.81. The van der Waals surface area contributed by atoms with E-state index < -0.39 is 17.7 Å². The van der Waals surface area contributed by atoms with Crippen molar-refractivity contribution in [2.24, 2.45) is 0 Å². The lowest BCUT2D eigenvalue weighted by atomic mass is 9.80. The van der Waals surface area contributed by atoms with E-state index in [4.69, 9.17) is 9.47 Å². The number of ether oxygens (including phenoxy) is 2. The lowest BCUT2D eigenvalue weighted by Crippen LogP contribution is -2.50. The van der Waals surface area contributed by atoms with Gasteiger partial charge in [0, 0.05) is 6.08 Å². The van der Waals surface area contributed by atoms with Gasteiger partial charge in [-0.3, -0.25) is 0 Å². The predicted molar refractivity (Wildman–Crippen MR) is 53.2 cm³/mol. The van der Waals surface area contributed by atoms with Gasteiger partial charge in [-0.2, -0.15) is 0 Å². The summed E-state index contributed by atoms with van der Waals surface area (Å²) >= 11 is 0. The molecule has 0 aromatic carbocycles. The third-order valence-electron chi connectivity index (χ3n) is 3.33. The minimum atomic E-state index is -0.934. The molecule has 2 aliphatic rings. The first-order valence-electron chi connectivity index (χ1n) is 5.31. The quantitative estimate of drug-likeness (QED) is 0.427. The SMILES string of the molecule is C=CC(=O)OC1C2OC2CCC1(O)CC. The van der Waals surface area contributed by atoms with E-state index in [9.17, 15) is 9.90 Å². The van der Waals surface area contributed by atoms with Crippen molar-refractivity contribution < 1.29 is 19.4 Å². The van der Waals surface area contributed by atoms with Gasteiger partial charge in [0.2, 0.25) is 0 Å². The molecule has 0 amide bonds. The summed E-state index contributed by atoms with van der Waals surface area (Å²) in [5.74, 6) is -0.497. The van der Waals surface area contributed by atoms with E-state index >= 15 is 0 Å². The molecule has 4 unspecified atom stereocenters. The molecule has 2 fully saturated rings. The average molecular weight is 212 g/mol. The fourth-order valence-corrected chi connectivity index (χ4v) is 2.22. The number of carbonyl (C=O) groups is 1. The van der Waals surface area contributed by atoms with Crippen molar-refractivity contribution in [1.82, 2.24) is 0 Å². The van der Waals surface area contributed by atoms with Crippen LogP contribution in [0.3, 0.4) is 0 Å². The topological polar surface area (TPSA) is 59.1 Å². The maximum absolute atomic E-state index is 11.1. The Bertz CT molecular complexity index is 288. The number of carbonyl (C=O) groups excluding carboxylic acids is 1. The van der Waals surface area contributed by atoms with Crippen molar-refractivity contribution in [3.63, 3.8) is 0 Å². The van der Waals surface area contributed by atoms with Crippen LogP contribution in [0.4, 0.5) is 0 Å². The van der Waals surface area contributed by atoms with Crippen LogP contribution in [0.5, 0.6) is 0 Å². The lowest BCUT2D eigenvalue weighted by molar-refractivity contribution is -0.165. The highest BCUT2D eigenvalue weighted by Gasteiger charge is 2.59. The Balaban J connectivity index is 2.10. The van der Waals surface area contributed by atoms with Crippen molar-refractivity contribution in [3.05, 3.63) is 12.7 Å². The summed E-state index contributed by atoms with van der Waals surface area (Å²) in [5.41, 5.74) is -0.934. The number of hydrogen-bond donors (Lipinski definition) is 1. The standard InChI is InChI=1S/C11H16O4/c1-3-8(12)15-10-9-7(14-9)5-6-11(10,13)4-2/h3,7,9-10,13H,1,4-6H2,2H3. The van der Waals surface area contributed by atoms with Gasteiger partial charge in [0.15, 0.2) is 6.10 Å². The number of fused-ring (bicyclic) bond motifs is 1. The highest BCUT2D eigenvalue weighted by atomic mass is 16.6. The summed E-state index contributed by atoms with van der Waals surface area (Å²) in [6.45, 7) is 5.23. The molecule has 1 saturated carbocycles. The van der Waals surface area contributed by atoms with Gasteiger partial charge in [0.1, 0.15) is 11.7 Å². The van der Waals surface area contributed by atoms with Crippen LogP contribution in [-0.4, -0.2) is 35.0 Å². The monoisotopic (exact) mass is 212 g/mol. The van der Waals surface area contributed by atoms with Crippen LogP contribution in [0.25, 0.3) is 0 Å². The summed E-state index contributed by atoms with van der Waals surface area (Å²) in [4.78, 5) is 11.1. The number of epoxide rings is 1. The largest absolute Gasteiger partial charge is 0.453 e. The normalized spacial score (nSPS) is 42.9. The molecule has 15 heavy (non-hydrogen) atoms. The molecule has 4 nitrogen and oxygen atoms in total. The van der Waals surface area contributed by atoms with Gasteiger partial charge in [-0.05, 0) is 19.3 Å². The third kappa shape index (κ3) is 1.79. The Hall–Kier alpha value is -0.870. The molecule has 1 aliphatic heterocycles. The van der Waals surface area contributed by atoms with Gasteiger partial charge in [-0.15, -0.1) is 0 Å². The molecule has 0 aromatic heterocycles. The molecular weight excluding hydrogens is 196 g/mol. The third-order valence-corrected chi connectivity index (χ3v) is 3.33. The van der Waals surface area contributed by atoms with Crippen LogP contribution in [-0.2, 0) is 14.3 Å². The first-order valence-corrected chi connectivity index (χ1v) is 5.31. The Morgan fingerprint density at radius 3 is 3.13 bits per heavy atom. The van der Waals surface area contributed by atoms with Crippen LogP contribution < -0.4 is 0 Å². The van der Waals surface area contributed by atoms with E-state index in [2.05, 4.69) is 6.58 Å². The van der Waals surface area contributed by atoms with E-state index in [0.717, 1.165) is 12.5 Å². The maximum atomic E-state index is 11.1. The van der Waals surface area contributed by atoms with E-state index in [1.54, 1.807) is 0 Å². The second kappa shape index (κ2) is 3.61. The molecule has 0 spiro atoms. The molecule has 1 heterocycles. The molecule has 2 rings (SSSR count). The molecule has 0 bridgehead atoms. The van der Waals surface area contributed by atoms with Crippen molar-refractivity contribution in [2.75, 3.05) is 0 Å². The minimum absolute atomic E-state index is 0.118. The first kappa shape index (κ1) is 10.6. The second-order valence-electron chi connectivity index (χ2n) is 4.20. The van der Waals surface area contributed by atoms with Crippen LogP contribution in [0.2, 0.25) is 0 Å². The fourth-order valence-electron chi connectivity index (χ4n) is 2.22. The smallest absolute Gasteiger partial charge is 0.330 e. The molecule has 0 aromatic rings. The van der Waals surface area contributed by atoms with E-state index in [1.165, 1.54) is 0 Å². The first-order chi connectivity index (χ1) is 7.10. The molecular formula is C11H16O4. The van der Waals surface area contributed by atoms with Gasteiger partial charge in [-0.1, -0.05) is 13.5 Å². The van der Waals surface area contributed by atoms with Gasteiger partial charge in [0.05, 0.1) is 6.10 Å². The minimum Gasteiger partial charge on any atom is -0.453 e. The summed E-state index contributed by atoms with van der Waals surface area (Å²) in [5, 5.41) is 10.3. The van der Waals surface area contributed by atoms with Gasteiger partial charge < -0.3 is 14.6 Å². The molecule has 0 radical (unpaired) electrons. The summed E-state index contributed by atoms with van der Waals surface area (Å²) in [7, 11) is 0. The Kier molecular flexibility index (Phi) is 2.56. The van der Waals surface area contributed by atoms with Gasteiger partial charge >= 0.3 is 5.97 Å². The Labute approximate surface area is 88.9 Å². The van der Waals surface area contributed by atoms with Crippen LogP contribution in [0.15, 0.2) is 12.7 Å². The Morgan fingerprint density at radius 2 is 2.53 bits per heavy atom. The molecule has 1 N–H and O–H groups in total. The maximum Gasteiger partial charge on any atom is 0.330 e. The number of rotatable bonds is 3. The zero-order valence-corrected chi connectivity index (χ0v) is 8.81. The molecule has 4 atom stereocenters. The number of aliphatic hydroxyl groups is 1. The van der Waals surface area contributed by atoms with Crippen LogP contribution in [0.1, 0.15) is 26.2 Å². The second-order valence-corrected chi connectivity index (χ2v) is 4.20. The fraction of sp³-hybridized carbons (Fsp3) is 0.727. The summed E-state index contributed by atoms with van der Waals surface area (Å²) < 4.78 is 10.5. The van der Waals surface area contributed by atoms with Crippen molar-refractivity contribution in [1.29, 1.82) is 0 Å². The van der Waals surface area contributed by atoms with Crippen molar-refractivity contribution in [3.8, 4) is 0 Å². The van der Waals surface area contributed by atoms with Crippen molar-refractivity contribution in [2.45, 2.75) is 50.1 Å². The molecule has 1 saturated heterocycles. The lowest BCUT2D eigenvalue weighted by Gasteiger charge is -2.36. The Morgan fingerprint density at radius 1 is 1.80 bits per heavy atom. The zero-order chi connectivity index (χ0) is 11.1. The molecule has 1 aliphatic carbocycles. The average Bonchev–Trinajstić information content (AvgIpc) is 3.01. The number of esters is 1.